The van der Waals surface area contributed by atoms with Gasteiger partial charge < -0.3 is 19.8 Å². The van der Waals surface area contributed by atoms with Crippen LogP contribution in [0.5, 0.6) is 0 Å². The molecule has 0 aliphatic rings. The molecule has 0 aromatic heterocycles. The second kappa shape index (κ2) is 45.9. The van der Waals surface area contributed by atoms with Crippen molar-refractivity contribution in [2.45, 2.75) is 219 Å². The van der Waals surface area contributed by atoms with E-state index in [2.05, 4.69) is 13.8 Å². The Morgan fingerprint density at radius 2 is 0.476 bits per heavy atom. The van der Waals surface area contributed by atoms with Crippen molar-refractivity contribution in [1.82, 2.24) is 0 Å². The largest absolute Gasteiger partial charge is 3.00 e. The van der Waals surface area contributed by atoms with Gasteiger partial charge >= 0.3 is 46.9 Å². The van der Waals surface area contributed by atoms with E-state index in [-0.39, 0.29) is 59.8 Å². The molecule has 0 aromatic carbocycles. The third-order valence-corrected chi connectivity index (χ3v) is 7.97. The average molecular weight is 617 g/mol. The van der Waals surface area contributed by atoms with Crippen LogP contribution in [0.2, 0.25) is 0 Å². The zero-order valence-corrected chi connectivity index (χ0v) is 32.0. The molecular weight excluding hydrogens is 546 g/mol. The molecule has 0 N–H and O–H groups in total. The summed E-state index contributed by atoms with van der Waals surface area (Å²) in [5.41, 5.74) is 0. The molecule has 0 bridgehead atoms. The van der Waals surface area contributed by atoms with E-state index in [0.29, 0.717) is 0 Å². The summed E-state index contributed by atoms with van der Waals surface area (Å²) >= 11 is 0. The molecule has 0 atom stereocenters. The average Bonchev–Trinajstić information content (AvgIpc) is 2.93. The summed E-state index contributed by atoms with van der Waals surface area (Å²) in [5, 5.41) is 20.4. The zero-order chi connectivity index (χ0) is 29.8. The molecule has 0 aliphatic carbocycles. The third kappa shape index (κ3) is 53.1. The minimum atomic E-state index is -0.903. The third-order valence-electron chi connectivity index (χ3n) is 7.97. The Morgan fingerprint density at radius 3 is 0.619 bits per heavy atom. The Balaban J connectivity index is -0.000000328. The number of unbranched alkanes of at least 4 members (excludes halogenated alkanes) is 28. The number of carbonyl (C=O) groups excluding carboxylic acids is 2. The summed E-state index contributed by atoms with van der Waals surface area (Å²) in [5.74, 6) is -1.81. The van der Waals surface area contributed by atoms with E-state index in [1.165, 1.54) is 167 Å². The number of hydrogen-bond acceptors (Lipinski definition) is 4. The van der Waals surface area contributed by atoms with Crippen LogP contribution in [0.15, 0.2) is 0 Å². The Hall–Kier alpha value is 0.472. The Morgan fingerprint density at radius 1 is 0.333 bits per heavy atom. The smallest absolute Gasteiger partial charge is 0.550 e. The topological polar surface area (TPSA) is 80.3 Å². The molecule has 0 spiro atoms. The van der Waals surface area contributed by atoms with Gasteiger partial charge in [0.1, 0.15) is 0 Å². The molecule has 6 heteroatoms. The van der Waals surface area contributed by atoms with Gasteiger partial charge in [-0.3, -0.25) is 0 Å². The van der Waals surface area contributed by atoms with Gasteiger partial charge in [-0.05, 0) is 25.7 Å². The van der Waals surface area contributed by atoms with Crippen LogP contribution in [0.25, 0.3) is 0 Å². The first-order valence-corrected chi connectivity index (χ1v) is 17.9. The van der Waals surface area contributed by atoms with Crippen LogP contribution in [-0.2, 0) is 9.59 Å². The molecule has 240 valence electrons. The molecule has 0 aliphatic heterocycles. The summed E-state index contributed by atoms with van der Waals surface area (Å²) < 4.78 is 0. The fraction of sp³-hybridized carbons (Fsp3) is 0.944. The zero-order valence-electron chi connectivity index (χ0n) is 28.8. The standard InChI is InChI=1S/2C18H36O2.Al.Na/c2*1-2-3-4-5-6-7-8-9-10-11-12-13-14-15-16-17-18(19)20;;/h2*2-17H2,1H3,(H,19,20);;/q;;+3;+1/p-2. The molecule has 42 heavy (non-hydrogen) atoms. The molecule has 0 heterocycles. The molecule has 0 amide bonds. The van der Waals surface area contributed by atoms with E-state index < -0.39 is 11.9 Å². The second-order valence-electron chi connectivity index (χ2n) is 12.1. The molecule has 0 fully saturated rings. The van der Waals surface area contributed by atoms with Gasteiger partial charge in [-0.25, -0.2) is 0 Å². The Bertz CT molecular complexity index is 461. The van der Waals surface area contributed by atoms with Crippen molar-refractivity contribution in [3.63, 3.8) is 0 Å². The maximum atomic E-state index is 10.2. The van der Waals surface area contributed by atoms with Crippen LogP contribution in [0.4, 0.5) is 0 Å². The predicted octanol–water partition coefficient (Wildman–Crippen LogP) is 6.62. The first-order valence-electron chi connectivity index (χ1n) is 17.9. The van der Waals surface area contributed by atoms with Gasteiger partial charge in [0, 0.05) is 11.9 Å². The summed E-state index contributed by atoms with van der Waals surface area (Å²) in [6, 6.07) is 0. The fourth-order valence-corrected chi connectivity index (χ4v) is 5.28. The number of rotatable bonds is 32. The van der Waals surface area contributed by atoms with Crippen LogP contribution in [0.3, 0.4) is 0 Å². The summed E-state index contributed by atoms with van der Waals surface area (Å²) in [6.07, 6.45) is 39.7. The van der Waals surface area contributed by atoms with Gasteiger partial charge in [0.05, 0.1) is 0 Å². The Labute approximate surface area is 296 Å². The molecular formula is C36H70AlNaO4+2. The molecule has 0 radical (unpaired) electrons. The number of aliphatic carboxylic acids is 2. The van der Waals surface area contributed by atoms with Crippen LogP contribution in [0.1, 0.15) is 219 Å². The molecule has 0 rings (SSSR count). The minimum Gasteiger partial charge on any atom is -0.550 e. The SMILES string of the molecule is CCCCCCCCCCCCCCCCCC(=O)[O-].CCCCCCCCCCCCCCCCCC(=O)[O-].[Al+3].[Na+]. The van der Waals surface area contributed by atoms with E-state index in [4.69, 9.17) is 0 Å². The monoisotopic (exact) mass is 616 g/mol. The van der Waals surface area contributed by atoms with Crippen molar-refractivity contribution in [3.8, 4) is 0 Å². The minimum absolute atomic E-state index is 0. The van der Waals surface area contributed by atoms with Gasteiger partial charge in [0.15, 0.2) is 0 Å². The van der Waals surface area contributed by atoms with Gasteiger partial charge in [-0.1, -0.05) is 194 Å². The number of carboxylic acid groups (broad SMARTS) is 2. The number of hydrogen-bond donors (Lipinski definition) is 0. The summed E-state index contributed by atoms with van der Waals surface area (Å²) in [7, 11) is 0. The predicted molar refractivity (Wildman–Crippen MR) is 175 cm³/mol. The molecule has 0 unspecified atom stereocenters. The van der Waals surface area contributed by atoms with Crippen molar-refractivity contribution in [2.75, 3.05) is 0 Å². The van der Waals surface area contributed by atoms with E-state index in [1.54, 1.807) is 0 Å². The number of carbonyl (C=O) groups is 2. The van der Waals surface area contributed by atoms with E-state index in [9.17, 15) is 19.8 Å². The van der Waals surface area contributed by atoms with Crippen LogP contribution in [0, 0.1) is 0 Å². The van der Waals surface area contributed by atoms with Gasteiger partial charge in [0.25, 0.3) is 0 Å². The first kappa shape index (κ1) is 49.4. The fourth-order valence-electron chi connectivity index (χ4n) is 5.28. The summed E-state index contributed by atoms with van der Waals surface area (Å²) in [4.78, 5) is 20.4. The number of carboxylic acids is 2. The molecule has 0 saturated heterocycles. The maximum Gasteiger partial charge on any atom is 3.00 e. The molecule has 0 aromatic rings. The molecule has 0 saturated carbocycles. The second-order valence-corrected chi connectivity index (χ2v) is 12.1. The Kier molecular flexibility index (Phi) is 53.9. The first-order chi connectivity index (χ1) is 19.5. The van der Waals surface area contributed by atoms with Crippen molar-refractivity contribution in [2.24, 2.45) is 0 Å². The van der Waals surface area contributed by atoms with E-state index >= 15 is 0 Å². The van der Waals surface area contributed by atoms with Gasteiger partial charge in [0.2, 0.25) is 0 Å². The van der Waals surface area contributed by atoms with Crippen molar-refractivity contribution in [3.05, 3.63) is 0 Å². The molecule has 4 nitrogen and oxygen atoms in total. The van der Waals surface area contributed by atoms with Crippen LogP contribution < -0.4 is 39.8 Å². The van der Waals surface area contributed by atoms with Gasteiger partial charge in [-0.15, -0.1) is 0 Å². The van der Waals surface area contributed by atoms with Crippen LogP contribution >= 0.6 is 0 Å². The van der Waals surface area contributed by atoms with E-state index in [1.807, 2.05) is 0 Å². The van der Waals surface area contributed by atoms with Gasteiger partial charge in [-0.2, -0.15) is 0 Å². The van der Waals surface area contributed by atoms with Crippen LogP contribution in [-0.4, -0.2) is 29.3 Å². The normalized spacial score (nSPS) is 10.3. The summed E-state index contributed by atoms with van der Waals surface area (Å²) in [6.45, 7) is 4.53. The van der Waals surface area contributed by atoms with Crippen molar-refractivity contribution in [1.29, 1.82) is 0 Å². The maximum absolute atomic E-state index is 10.2. The van der Waals surface area contributed by atoms with Crippen molar-refractivity contribution < 1.29 is 49.4 Å². The van der Waals surface area contributed by atoms with Crippen molar-refractivity contribution >= 4 is 29.3 Å². The van der Waals surface area contributed by atoms with E-state index in [0.717, 1.165) is 25.7 Å². The quantitative estimate of drug-likeness (QED) is 0.0629.